The lowest BCUT2D eigenvalue weighted by Gasteiger charge is -2.41. The number of fused-ring (bicyclic) bond motifs is 1. The van der Waals surface area contributed by atoms with Crippen LogP contribution in [-0.4, -0.2) is 59.5 Å². The SMILES string of the molecule is c1cn(C[C@@H]2CC[C@H]3[C@H]2OCCN3CC2CCOCC2)cn1. The van der Waals surface area contributed by atoms with Crippen LogP contribution >= 0.6 is 0 Å². The summed E-state index contributed by atoms with van der Waals surface area (Å²) in [7, 11) is 0. The third-order valence-corrected chi connectivity index (χ3v) is 5.67. The van der Waals surface area contributed by atoms with E-state index in [9.17, 15) is 0 Å². The van der Waals surface area contributed by atoms with Crippen LogP contribution in [0.2, 0.25) is 0 Å². The van der Waals surface area contributed by atoms with Gasteiger partial charge in [0.15, 0.2) is 0 Å². The van der Waals surface area contributed by atoms with Gasteiger partial charge in [-0.25, -0.2) is 4.98 Å². The molecule has 2 saturated heterocycles. The van der Waals surface area contributed by atoms with Crippen molar-refractivity contribution in [3.63, 3.8) is 0 Å². The molecule has 0 radical (unpaired) electrons. The van der Waals surface area contributed by atoms with Gasteiger partial charge in [0.2, 0.25) is 0 Å². The van der Waals surface area contributed by atoms with Crippen molar-refractivity contribution in [1.29, 1.82) is 0 Å². The molecule has 1 aromatic heterocycles. The summed E-state index contributed by atoms with van der Waals surface area (Å²) in [5.41, 5.74) is 0. The maximum atomic E-state index is 6.18. The van der Waals surface area contributed by atoms with Crippen molar-refractivity contribution in [2.24, 2.45) is 11.8 Å². The topological polar surface area (TPSA) is 39.5 Å². The van der Waals surface area contributed by atoms with Crippen LogP contribution in [0.4, 0.5) is 0 Å². The van der Waals surface area contributed by atoms with Crippen LogP contribution in [-0.2, 0) is 16.0 Å². The molecule has 3 heterocycles. The zero-order chi connectivity index (χ0) is 14.8. The number of imidazole rings is 1. The lowest BCUT2D eigenvalue weighted by atomic mass is 9.97. The van der Waals surface area contributed by atoms with Gasteiger partial charge in [0.05, 0.1) is 19.0 Å². The van der Waals surface area contributed by atoms with Crippen molar-refractivity contribution in [2.75, 3.05) is 32.9 Å². The van der Waals surface area contributed by atoms with E-state index in [0.717, 1.165) is 38.8 Å². The van der Waals surface area contributed by atoms with Crippen LogP contribution in [0.15, 0.2) is 18.7 Å². The van der Waals surface area contributed by atoms with E-state index < -0.39 is 0 Å². The van der Waals surface area contributed by atoms with Gasteiger partial charge in [-0.05, 0) is 31.6 Å². The van der Waals surface area contributed by atoms with Gasteiger partial charge in [0, 0.05) is 57.2 Å². The molecule has 0 unspecified atom stereocenters. The van der Waals surface area contributed by atoms with E-state index in [1.54, 1.807) is 0 Å². The number of nitrogens with zero attached hydrogens (tertiary/aromatic N) is 3. The number of aromatic nitrogens is 2. The lowest BCUT2D eigenvalue weighted by molar-refractivity contribution is -0.0835. The first-order valence-electron chi connectivity index (χ1n) is 8.79. The highest BCUT2D eigenvalue weighted by atomic mass is 16.5. The average molecular weight is 305 g/mol. The maximum Gasteiger partial charge on any atom is 0.0946 e. The summed E-state index contributed by atoms with van der Waals surface area (Å²) >= 11 is 0. The van der Waals surface area contributed by atoms with E-state index in [1.807, 2.05) is 12.5 Å². The summed E-state index contributed by atoms with van der Waals surface area (Å²) in [6.07, 6.45) is 11.3. The van der Waals surface area contributed by atoms with Crippen molar-refractivity contribution in [3.8, 4) is 0 Å². The van der Waals surface area contributed by atoms with Gasteiger partial charge >= 0.3 is 0 Å². The Hall–Kier alpha value is -0.910. The second kappa shape index (κ2) is 6.69. The van der Waals surface area contributed by atoms with E-state index in [0.29, 0.717) is 18.1 Å². The van der Waals surface area contributed by atoms with E-state index >= 15 is 0 Å². The Morgan fingerprint density at radius 2 is 1.95 bits per heavy atom. The summed E-state index contributed by atoms with van der Waals surface area (Å²) in [4.78, 5) is 6.88. The molecule has 1 aliphatic carbocycles. The molecule has 0 spiro atoms. The van der Waals surface area contributed by atoms with Crippen LogP contribution in [0, 0.1) is 11.8 Å². The molecule has 0 aromatic carbocycles. The highest BCUT2D eigenvalue weighted by molar-refractivity contribution is 4.96. The molecule has 5 heteroatoms. The Balaban J connectivity index is 1.37. The van der Waals surface area contributed by atoms with E-state index in [4.69, 9.17) is 9.47 Å². The molecular formula is C17H27N3O2. The summed E-state index contributed by atoms with van der Waals surface area (Å²) < 4.78 is 13.9. The molecule has 2 aliphatic heterocycles. The first-order chi connectivity index (χ1) is 10.9. The fraction of sp³-hybridized carbons (Fsp3) is 0.824. The van der Waals surface area contributed by atoms with Crippen LogP contribution < -0.4 is 0 Å². The third-order valence-electron chi connectivity index (χ3n) is 5.67. The van der Waals surface area contributed by atoms with Crippen LogP contribution in [0.25, 0.3) is 0 Å². The predicted molar refractivity (Wildman–Crippen MR) is 83.6 cm³/mol. The maximum absolute atomic E-state index is 6.18. The summed E-state index contributed by atoms with van der Waals surface area (Å²) in [6.45, 7) is 6.19. The number of hydrogen-bond donors (Lipinski definition) is 0. The summed E-state index contributed by atoms with van der Waals surface area (Å²) in [5, 5.41) is 0. The molecule has 3 atom stereocenters. The molecule has 0 N–H and O–H groups in total. The van der Waals surface area contributed by atoms with Gasteiger partial charge in [0.1, 0.15) is 0 Å². The number of ether oxygens (including phenoxy) is 2. The van der Waals surface area contributed by atoms with Crippen LogP contribution in [0.1, 0.15) is 25.7 Å². The van der Waals surface area contributed by atoms with Gasteiger partial charge < -0.3 is 14.0 Å². The van der Waals surface area contributed by atoms with Crippen molar-refractivity contribution >= 4 is 0 Å². The first-order valence-corrected chi connectivity index (χ1v) is 8.79. The molecule has 122 valence electrons. The van der Waals surface area contributed by atoms with Gasteiger partial charge in [-0.15, -0.1) is 0 Å². The van der Waals surface area contributed by atoms with Gasteiger partial charge in [-0.3, -0.25) is 4.90 Å². The molecule has 4 rings (SSSR count). The molecule has 5 nitrogen and oxygen atoms in total. The molecule has 3 aliphatic rings. The van der Waals surface area contributed by atoms with Crippen molar-refractivity contribution in [1.82, 2.24) is 14.5 Å². The zero-order valence-electron chi connectivity index (χ0n) is 13.3. The molecule has 1 aromatic rings. The quantitative estimate of drug-likeness (QED) is 0.850. The molecule has 22 heavy (non-hydrogen) atoms. The zero-order valence-corrected chi connectivity index (χ0v) is 13.3. The van der Waals surface area contributed by atoms with E-state index in [-0.39, 0.29) is 0 Å². The third kappa shape index (κ3) is 3.07. The largest absolute Gasteiger partial charge is 0.381 e. The lowest BCUT2D eigenvalue weighted by Crippen LogP contribution is -2.52. The molecule has 1 saturated carbocycles. The van der Waals surface area contributed by atoms with E-state index in [2.05, 4.69) is 20.6 Å². The predicted octanol–water partition coefficient (Wildman–Crippen LogP) is 1.79. The Bertz CT molecular complexity index is 458. The molecular weight excluding hydrogens is 278 g/mol. The minimum atomic E-state index is 0.413. The fourth-order valence-electron chi connectivity index (χ4n) is 4.48. The normalized spacial score (nSPS) is 33.9. The monoisotopic (exact) mass is 305 g/mol. The van der Waals surface area contributed by atoms with Gasteiger partial charge in [-0.1, -0.05) is 0 Å². The highest BCUT2D eigenvalue weighted by Gasteiger charge is 2.43. The molecule has 3 fully saturated rings. The Kier molecular flexibility index (Phi) is 4.46. The smallest absolute Gasteiger partial charge is 0.0946 e. The first kappa shape index (κ1) is 14.7. The van der Waals surface area contributed by atoms with Gasteiger partial charge in [0.25, 0.3) is 0 Å². The van der Waals surface area contributed by atoms with Crippen molar-refractivity contribution < 1.29 is 9.47 Å². The van der Waals surface area contributed by atoms with Crippen LogP contribution in [0.5, 0.6) is 0 Å². The minimum Gasteiger partial charge on any atom is -0.381 e. The summed E-state index contributed by atoms with van der Waals surface area (Å²) in [6, 6.07) is 0.630. The Morgan fingerprint density at radius 3 is 2.77 bits per heavy atom. The van der Waals surface area contributed by atoms with Crippen molar-refractivity contribution in [3.05, 3.63) is 18.7 Å². The second-order valence-corrected chi connectivity index (χ2v) is 7.05. The Morgan fingerprint density at radius 1 is 1.05 bits per heavy atom. The molecule has 0 amide bonds. The Labute approximate surface area is 132 Å². The summed E-state index contributed by atoms with van der Waals surface area (Å²) in [5.74, 6) is 1.46. The molecule has 0 bridgehead atoms. The number of morpholine rings is 1. The van der Waals surface area contributed by atoms with Crippen LogP contribution in [0.3, 0.4) is 0 Å². The average Bonchev–Trinajstić information content (AvgIpc) is 3.20. The van der Waals surface area contributed by atoms with Crippen molar-refractivity contribution in [2.45, 2.75) is 44.4 Å². The number of hydrogen-bond acceptors (Lipinski definition) is 4. The fourth-order valence-corrected chi connectivity index (χ4v) is 4.48. The minimum absolute atomic E-state index is 0.413. The number of rotatable bonds is 4. The second-order valence-electron chi connectivity index (χ2n) is 7.05. The highest BCUT2D eigenvalue weighted by Crippen LogP contribution is 2.36. The standard InChI is InChI=1S/C17H27N3O2/c1-2-16-17(15(1)12-19-6-5-18-13-19)22-10-7-20(16)11-14-3-8-21-9-4-14/h5-6,13-17H,1-4,7-12H2/t15-,16-,17-/m0/s1. The van der Waals surface area contributed by atoms with E-state index in [1.165, 1.54) is 32.2 Å². The van der Waals surface area contributed by atoms with Gasteiger partial charge in [-0.2, -0.15) is 0 Å².